The molecular formula is C14H21ClN2O4S2. The van der Waals surface area contributed by atoms with Crippen molar-refractivity contribution in [3.05, 3.63) is 24.3 Å². The number of benzene rings is 1. The number of piperidine rings is 1. The Labute approximate surface area is 143 Å². The molecule has 2 atom stereocenters. The van der Waals surface area contributed by atoms with Crippen LogP contribution >= 0.6 is 12.4 Å². The summed E-state index contributed by atoms with van der Waals surface area (Å²) in [6.45, 7) is 2.90. The second-order valence-corrected chi connectivity index (χ2v) is 10.0. The van der Waals surface area contributed by atoms with Crippen molar-refractivity contribution in [2.24, 2.45) is 11.8 Å². The highest BCUT2D eigenvalue weighted by Gasteiger charge is 2.37. The number of hydrogen-bond acceptors (Lipinski definition) is 5. The van der Waals surface area contributed by atoms with Crippen molar-refractivity contribution in [1.82, 2.24) is 9.62 Å². The van der Waals surface area contributed by atoms with E-state index in [4.69, 9.17) is 0 Å². The van der Waals surface area contributed by atoms with Crippen LogP contribution in [0, 0.1) is 11.8 Å². The van der Waals surface area contributed by atoms with Gasteiger partial charge in [-0.15, -0.1) is 12.4 Å². The molecule has 2 saturated heterocycles. The van der Waals surface area contributed by atoms with Crippen molar-refractivity contribution >= 4 is 32.3 Å². The van der Waals surface area contributed by atoms with E-state index in [0.717, 1.165) is 25.8 Å². The highest BCUT2D eigenvalue weighted by molar-refractivity contribution is 7.90. The second-order valence-electron chi connectivity index (χ2n) is 6.07. The summed E-state index contributed by atoms with van der Waals surface area (Å²) in [4.78, 5) is 0.287. The van der Waals surface area contributed by atoms with Gasteiger partial charge >= 0.3 is 0 Å². The predicted octanol–water partition coefficient (Wildman–Crippen LogP) is 0.742. The fourth-order valence-corrected chi connectivity index (χ4v) is 5.37. The van der Waals surface area contributed by atoms with Crippen molar-refractivity contribution in [2.75, 3.05) is 32.4 Å². The number of hydrogen-bond donors (Lipinski definition) is 1. The van der Waals surface area contributed by atoms with Crippen LogP contribution < -0.4 is 5.32 Å². The Morgan fingerprint density at radius 3 is 2.17 bits per heavy atom. The van der Waals surface area contributed by atoms with Gasteiger partial charge in [0.25, 0.3) is 0 Å². The van der Waals surface area contributed by atoms with Crippen molar-refractivity contribution in [2.45, 2.75) is 16.2 Å². The molecule has 3 rings (SSSR count). The number of sulfone groups is 1. The maximum absolute atomic E-state index is 12.7. The standard InChI is InChI=1S/C14H20N2O4S2.ClH/c1-21(17,18)13-2-4-14(5-3-13)22(19,20)16-7-6-11-8-15-9-12(11)10-16;/h2-5,11-12,15H,6-10H2,1H3;1H. The average molecular weight is 381 g/mol. The van der Waals surface area contributed by atoms with Crippen LogP contribution in [-0.2, 0) is 19.9 Å². The molecule has 6 nitrogen and oxygen atoms in total. The third-order valence-electron chi connectivity index (χ3n) is 4.56. The lowest BCUT2D eigenvalue weighted by Crippen LogP contribution is -2.43. The van der Waals surface area contributed by atoms with Gasteiger partial charge in [-0.05, 0) is 55.6 Å². The lowest BCUT2D eigenvalue weighted by Gasteiger charge is -2.33. The molecular weight excluding hydrogens is 360 g/mol. The van der Waals surface area contributed by atoms with Gasteiger partial charge in [0.2, 0.25) is 10.0 Å². The molecule has 2 unspecified atom stereocenters. The quantitative estimate of drug-likeness (QED) is 0.836. The minimum Gasteiger partial charge on any atom is -0.316 e. The number of sulfonamides is 1. The van der Waals surface area contributed by atoms with Gasteiger partial charge in [-0.25, -0.2) is 16.8 Å². The Bertz CT molecular complexity index is 762. The van der Waals surface area contributed by atoms with E-state index in [0.29, 0.717) is 24.9 Å². The van der Waals surface area contributed by atoms with Crippen LogP contribution in [0.2, 0.25) is 0 Å². The van der Waals surface area contributed by atoms with Crippen LogP contribution in [0.25, 0.3) is 0 Å². The normalized spacial score (nSPS) is 25.6. The summed E-state index contributed by atoms with van der Waals surface area (Å²) >= 11 is 0. The summed E-state index contributed by atoms with van der Waals surface area (Å²) in [6.07, 6.45) is 1.98. The van der Waals surface area contributed by atoms with Crippen molar-refractivity contribution in [3.63, 3.8) is 0 Å². The van der Waals surface area contributed by atoms with Crippen LogP contribution in [0.15, 0.2) is 34.1 Å². The Morgan fingerprint density at radius 1 is 1.00 bits per heavy atom. The van der Waals surface area contributed by atoms with E-state index < -0.39 is 19.9 Å². The molecule has 0 aromatic heterocycles. The summed E-state index contributed by atoms with van der Waals surface area (Å²) in [7, 11) is -6.87. The van der Waals surface area contributed by atoms with E-state index in [-0.39, 0.29) is 22.2 Å². The lowest BCUT2D eigenvalue weighted by atomic mass is 9.90. The molecule has 0 bridgehead atoms. The molecule has 2 heterocycles. The first-order chi connectivity index (χ1) is 10.3. The highest BCUT2D eigenvalue weighted by Crippen LogP contribution is 2.30. The summed E-state index contributed by atoms with van der Waals surface area (Å²) in [5.74, 6) is 0.942. The van der Waals surface area contributed by atoms with Gasteiger partial charge in [-0.1, -0.05) is 0 Å². The van der Waals surface area contributed by atoms with Gasteiger partial charge in [0.05, 0.1) is 9.79 Å². The van der Waals surface area contributed by atoms with Gasteiger partial charge in [0.15, 0.2) is 9.84 Å². The largest absolute Gasteiger partial charge is 0.316 e. The molecule has 0 amide bonds. The zero-order valence-electron chi connectivity index (χ0n) is 12.8. The Morgan fingerprint density at radius 2 is 1.57 bits per heavy atom. The number of halogens is 1. The molecule has 2 aliphatic heterocycles. The summed E-state index contributed by atoms with van der Waals surface area (Å²) in [5, 5.41) is 3.31. The first-order valence-electron chi connectivity index (χ1n) is 7.29. The molecule has 0 aliphatic carbocycles. The van der Waals surface area contributed by atoms with Crippen molar-refractivity contribution in [3.8, 4) is 0 Å². The van der Waals surface area contributed by atoms with Crippen molar-refractivity contribution < 1.29 is 16.8 Å². The maximum Gasteiger partial charge on any atom is 0.243 e. The fourth-order valence-electron chi connectivity index (χ4n) is 3.23. The predicted molar refractivity (Wildman–Crippen MR) is 90.0 cm³/mol. The first-order valence-corrected chi connectivity index (χ1v) is 10.6. The molecule has 9 heteroatoms. The minimum atomic E-state index is -3.55. The molecule has 1 N–H and O–H groups in total. The summed E-state index contributed by atoms with van der Waals surface area (Å²) < 4.78 is 49.8. The molecule has 0 radical (unpaired) electrons. The number of rotatable bonds is 3. The molecule has 0 spiro atoms. The third kappa shape index (κ3) is 3.71. The van der Waals surface area contributed by atoms with E-state index in [1.807, 2.05) is 0 Å². The second kappa shape index (κ2) is 6.68. The van der Waals surface area contributed by atoms with Crippen LogP contribution in [0.5, 0.6) is 0 Å². The smallest absolute Gasteiger partial charge is 0.243 e. The van der Waals surface area contributed by atoms with Crippen molar-refractivity contribution in [1.29, 1.82) is 0 Å². The molecule has 1 aromatic rings. The van der Waals surface area contributed by atoms with Gasteiger partial charge in [-0.3, -0.25) is 0 Å². The number of nitrogens with one attached hydrogen (secondary N) is 1. The highest BCUT2D eigenvalue weighted by atomic mass is 35.5. The molecule has 1 aromatic carbocycles. The van der Waals surface area contributed by atoms with E-state index in [9.17, 15) is 16.8 Å². The van der Waals surface area contributed by atoms with E-state index in [2.05, 4.69) is 5.32 Å². The van der Waals surface area contributed by atoms with Crippen LogP contribution in [0.1, 0.15) is 6.42 Å². The first kappa shape index (κ1) is 18.7. The third-order valence-corrected chi connectivity index (χ3v) is 7.56. The summed E-state index contributed by atoms with van der Waals surface area (Å²) in [5.41, 5.74) is 0. The van der Waals surface area contributed by atoms with E-state index >= 15 is 0 Å². The van der Waals surface area contributed by atoms with Gasteiger partial charge in [0, 0.05) is 19.3 Å². The number of nitrogens with zero attached hydrogens (tertiary/aromatic N) is 1. The topological polar surface area (TPSA) is 83.5 Å². The lowest BCUT2D eigenvalue weighted by molar-refractivity contribution is 0.228. The summed E-state index contributed by atoms with van der Waals surface area (Å²) in [6, 6.07) is 5.47. The van der Waals surface area contributed by atoms with Gasteiger partial charge in [-0.2, -0.15) is 4.31 Å². The molecule has 2 aliphatic rings. The van der Waals surface area contributed by atoms with E-state index in [1.54, 1.807) is 0 Å². The van der Waals surface area contributed by atoms with E-state index in [1.165, 1.54) is 28.6 Å². The average Bonchev–Trinajstić information content (AvgIpc) is 2.94. The molecule has 0 saturated carbocycles. The molecule has 130 valence electrons. The zero-order valence-corrected chi connectivity index (χ0v) is 15.3. The molecule has 23 heavy (non-hydrogen) atoms. The van der Waals surface area contributed by atoms with Crippen LogP contribution in [-0.4, -0.2) is 53.6 Å². The zero-order chi connectivity index (χ0) is 16.0. The monoisotopic (exact) mass is 380 g/mol. The maximum atomic E-state index is 12.7. The molecule has 2 fully saturated rings. The fraction of sp³-hybridized carbons (Fsp3) is 0.571. The van der Waals surface area contributed by atoms with Crippen LogP contribution in [0.4, 0.5) is 0 Å². The minimum absolute atomic E-state index is 0. The van der Waals surface area contributed by atoms with Gasteiger partial charge in [0.1, 0.15) is 0 Å². The van der Waals surface area contributed by atoms with Crippen LogP contribution in [0.3, 0.4) is 0 Å². The SMILES string of the molecule is CS(=O)(=O)c1ccc(S(=O)(=O)N2CCC3CNCC3C2)cc1.Cl. The number of fused-ring (bicyclic) bond motifs is 1. The Hall–Kier alpha value is -0.670. The Kier molecular flexibility index (Phi) is 5.42. The Balaban J connectivity index is 0.00000192. The van der Waals surface area contributed by atoms with Gasteiger partial charge < -0.3 is 5.32 Å².